The van der Waals surface area contributed by atoms with Crippen molar-refractivity contribution < 1.29 is 4.79 Å². The van der Waals surface area contributed by atoms with E-state index in [9.17, 15) is 4.79 Å². The van der Waals surface area contributed by atoms with E-state index in [-0.39, 0.29) is 17.7 Å². The minimum atomic E-state index is -0.0598. The number of rotatable bonds is 5. The van der Waals surface area contributed by atoms with E-state index in [1.165, 1.54) is 5.56 Å². The molecule has 1 aromatic carbocycles. The average Bonchev–Trinajstić information content (AvgIpc) is 2.82. The molecule has 1 aliphatic rings. The summed E-state index contributed by atoms with van der Waals surface area (Å²) in [6, 6.07) is 6.31. The molecule has 2 aromatic rings. The minimum Gasteiger partial charge on any atom is -0.295 e. The molecule has 24 heavy (non-hydrogen) atoms. The molecule has 0 aliphatic heterocycles. The number of fused-ring (bicyclic) bond motifs is 1. The number of nitrogens with one attached hydrogen (secondary N) is 1. The molecule has 1 heterocycles. The number of hydrogen-bond donors (Lipinski definition) is 1. The second kappa shape index (κ2) is 6.27. The Bertz CT molecular complexity index is 840. The maximum atomic E-state index is 12.5. The number of allylic oxidation sites excluding steroid dienone is 4. The van der Waals surface area contributed by atoms with Gasteiger partial charge in [0.25, 0.3) is 0 Å². The zero-order chi connectivity index (χ0) is 17.4. The maximum absolute atomic E-state index is 12.5. The fourth-order valence-electron chi connectivity index (χ4n) is 2.65. The minimum absolute atomic E-state index is 0.00884. The lowest BCUT2D eigenvalue weighted by Gasteiger charge is -2.18. The van der Waals surface area contributed by atoms with Crippen molar-refractivity contribution >= 4 is 28.6 Å². The summed E-state index contributed by atoms with van der Waals surface area (Å²) < 4.78 is 2.03. The summed E-state index contributed by atoms with van der Waals surface area (Å²) in [5.74, 6) is 1.28. The highest BCUT2D eigenvalue weighted by Crippen LogP contribution is 2.30. The van der Waals surface area contributed by atoms with Gasteiger partial charge in [-0.05, 0) is 41.7 Å². The Morgan fingerprint density at radius 3 is 2.42 bits per heavy atom. The van der Waals surface area contributed by atoms with Crippen LogP contribution in [-0.2, 0) is 4.79 Å². The van der Waals surface area contributed by atoms with Crippen molar-refractivity contribution in [2.75, 3.05) is 5.32 Å². The third-order valence-corrected chi connectivity index (χ3v) is 4.79. The number of amides is 1. The van der Waals surface area contributed by atoms with Gasteiger partial charge in [-0.1, -0.05) is 46.8 Å². The summed E-state index contributed by atoms with van der Waals surface area (Å²) in [4.78, 5) is 17.1. The fraction of sp³-hybridized carbons (Fsp3) is 0.400. The maximum Gasteiger partial charge on any atom is 0.229 e. The van der Waals surface area contributed by atoms with Crippen molar-refractivity contribution in [3.05, 3.63) is 42.0 Å². The molecule has 0 spiro atoms. The number of anilines is 1. The topological polar surface area (TPSA) is 46.9 Å². The van der Waals surface area contributed by atoms with Crippen molar-refractivity contribution in [2.24, 2.45) is 11.8 Å². The molecule has 0 unspecified atom stereocenters. The summed E-state index contributed by atoms with van der Waals surface area (Å²) in [6.45, 7) is 10.4. The molecular weight excluding hydrogens is 298 g/mol. The zero-order valence-electron chi connectivity index (χ0n) is 15.0. The molecule has 0 saturated heterocycles. The number of carbonyl (C=O) groups is 1. The summed E-state index contributed by atoms with van der Waals surface area (Å²) >= 11 is 0. The number of benzene rings is 1. The standard InChI is InChI=1S/C20H25N3O/c1-12(2)14(5)19(24)22-20-21-17-10-9-15(13(3)4)11-18(17)23(20)16-7-6-8-16/h6-14H,1-5H3,(H,21,22,24)/t14-/m0/s1. The van der Waals surface area contributed by atoms with Gasteiger partial charge in [-0.15, -0.1) is 0 Å². The fourth-order valence-corrected chi connectivity index (χ4v) is 2.65. The van der Waals surface area contributed by atoms with Gasteiger partial charge in [-0.25, -0.2) is 4.98 Å². The number of aromatic nitrogens is 2. The lowest BCUT2D eigenvalue weighted by Crippen LogP contribution is -2.26. The summed E-state index contributed by atoms with van der Waals surface area (Å²) in [5.41, 5.74) is 4.24. The van der Waals surface area contributed by atoms with Gasteiger partial charge in [-0.3, -0.25) is 14.7 Å². The Labute approximate surface area is 143 Å². The van der Waals surface area contributed by atoms with E-state index in [4.69, 9.17) is 0 Å². The summed E-state index contributed by atoms with van der Waals surface area (Å²) in [5, 5.41) is 3.02. The van der Waals surface area contributed by atoms with E-state index in [1.54, 1.807) is 0 Å². The second-order valence-electron chi connectivity index (χ2n) is 7.15. The third kappa shape index (κ3) is 2.88. The Morgan fingerprint density at radius 1 is 1.17 bits per heavy atom. The highest BCUT2D eigenvalue weighted by Gasteiger charge is 2.21. The first-order chi connectivity index (χ1) is 11.4. The van der Waals surface area contributed by atoms with Gasteiger partial charge in [0.1, 0.15) is 0 Å². The normalized spacial score (nSPS) is 14.9. The first-order valence-electron chi connectivity index (χ1n) is 8.60. The van der Waals surface area contributed by atoms with E-state index >= 15 is 0 Å². The van der Waals surface area contributed by atoms with Gasteiger partial charge in [0, 0.05) is 11.6 Å². The van der Waals surface area contributed by atoms with Crippen LogP contribution in [0.2, 0.25) is 0 Å². The van der Waals surface area contributed by atoms with Crippen LogP contribution < -0.4 is 5.32 Å². The number of hydrogen-bond acceptors (Lipinski definition) is 2. The number of imidazole rings is 1. The molecule has 4 nitrogen and oxygen atoms in total. The highest BCUT2D eigenvalue weighted by atomic mass is 16.2. The van der Waals surface area contributed by atoms with E-state index in [2.05, 4.69) is 50.1 Å². The zero-order valence-corrected chi connectivity index (χ0v) is 15.0. The Hall–Kier alpha value is -2.36. The molecule has 3 rings (SSSR count). The van der Waals surface area contributed by atoms with Gasteiger partial charge < -0.3 is 0 Å². The van der Waals surface area contributed by atoms with Crippen molar-refractivity contribution in [3.63, 3.8) is 0 Å². The molecular formula is C20H25N3O. The largest absolute Gasteiger partial charge is 0.295 e. The van der Waals surface area contributed by atoms with Gasteiger partial charge in [-0.2, -0.15) is 0 Å². The van der Waals surface area contributed by atoms with Crippen molar-refractivity contribution in [1.82, 2.24) is 9.55 Å². The van der Waals surface area contributed by atoms with Crippen LogP contribution in [-0.4, -0.2) is 15.5 Å². The molecule has 4 heteroatoms. The quantitative estimate of drug-likeness (QED) is 0.859. The predicted octanol–water partition coefficient (Wildman–Crippen LogP) is 4.80. The van der Waals surface area contributed by atoms with Crippen molar-refractivity contribution in [2.45, 2.75) is 40.5 Å². The molecule has 1 amide bonds. The van der Waals surface area contributed by atoms with E-state index in [0.717, 1.165) is 16.7 Å². The van der Waals surface area contributed by atoms with Gasteiger partial charge in [0.05, 0.1) is 11.0 Å². The Balaban J connectivity index is 2.05. The third-order valence-electron chi connectivity index (χ3n) is 4.79. The summed E-state index contributed by atoms with van der Waals surface area (Å²) in [6.07, 6.45) is 6.06. The van der Waals surface area contributed by atoms with Gasteiger partial charge in [0.2, 0.25) is 11.9 Å². The number of nitrogens with zero attached hydrogens (tertiary/aromatic N) is 2. The van der Waals surface area contributed by atoms with Crippen LogP contribution in [0.4, 0.5) is 5.95 Å². The van der Waals surface area contributed by atoms with E-state index < -0.39 is 0 Å². The first-order valence-corrected chi connectivity index (χ1v) is 8.60. The lowest BCUT2D eigenvalue weighted by atomic mass is 9.97. The average molecular weight is 323 g/mol. The van der Waals surface area contributed by atoms with Crippen LogP contribution in [0, 0.1) is 11.8 Å². The molecule has 0 fully saturated rings. The summed E-state index contributed by atoms with van der Waals surface area (Å²) in [7, 11) is 0. The molecule has 126 valence electrons. The number of carbonyl (C=O) groups excluding carboxylic acids is 1. The SMILES string of the molecule is CC(C)c1ccc2nc(NC(=O)[C@@H](C)C(C)C)n(C3=CC=C3)c2c1. The highest BCUT2D eigenvalue weighted by molar-refractivity contribution is 5.95. The smallest absolute Gasteiger partial charge is 0.229 e. The monoisotopic (exact) mass is 323 g/mol. The first kappa shape index (κ1) is 16.5. The van der Waals surface area contributed by atoms with Crippen LogP contribution in [0.15, 0.2) is 36.4 Å². The second-order valence-corrected chi connectivity index (χ2v) is 7.15. The van der Waals surface area contributed by atoms with Crippen LogP contribution in [0.1, 0.15) is 46.1 Å². The molecule has 1 aromatic heterocycles. The lowest BCUT2D eigenvalue weighted by molar-refractivity contribution is -0.120. The predicted molar refractivity (Wildman–Crippen MR) is 99.9 cm³/mol. The van der Waals surface area contributed by atoms with E-state index in [1.807, 2.05) is 35.8 Å². The van der Waals surface area contributed by atoms with E-state index in [0.29, 0.717) is 11.9 Å². The van der Waals surface area contributed by atoms with Crippen molar-refractivity contribution in [1.29, 1.82) is 0 Å². The Kier molecular flexibility index (Phi) is 4.31. The molecule has 1 atom stereocenters. The van der Waals surface area contributed by atoms with Gasteiger partial charge >= 0.3 is 0 Å². The Morgan fingerprint density at radius 2 is 1.88 bits per heavy atom. The molecule has 1 N–H and O–H groups in total. The van der Waals surface area contributed by atoms with Crippen LogP contribution >= 0.6 is 0 Å². The van der Waals surface area contributed by atoms with Crippen LogP contribution in [0.3, 0.4) is 0 Å². The molecule has 1 aliphatic carbocycles. The van der Waals surface area contributed by atoms with Crippen LogP contribution in [0.25, 0.3) is 16.7 Å². The van der Waals surface area contributed by atoms with Crippen molar-refractivity contribution in [3.8, 4) is 0 Å². The molecule has 0 saturated carbocycles. The van der Waals surface area contributed by atoms with Gasteiger partial charge in [0.15, 0.2) is 0 Å². The van der Waals surface area contributed by atoms with Crippen LogP contribution in [0.5, 0.6) is 0 Å². The molecule has 0 radical (unpaired) electrons. The molecule has 0 bridgehead atoms.